The fourth-order valence-corrected chi connectivity index (χ4v) is 2.54. The van der Waals surface area contributed by atoms with E-state index in [0.717, 1.165) is 5.39 Å². The van der Waals surface area contributed by atoms with Gasteiger partial charge in [-0.15, -0.1) is 0 Å². The van der Waals surface area contributed by atoms with Crippen molar-refractivity contribution in [2.24, 2.45) is 0 Å². The Balaban J connectivity index is 1.70. The normalized spacial score (nSPS) is 13.5. The number of aliphatic hydroxyl groups excluding tert-OH is 1. The number of carbonyl (C=O) groups excluding carboxylic acids is 1. The van der Waals surface area contributed by atoms with Crippen LogP contribution in [0, 0.1) is 0 Å². The van der Waals surface area contributed by atoms with E-state index in [0.29, 0.717) is 16.9 Å². The first kappa shape index (κ1) is 16.1. The number of aliphatic hydroxyl groups is 1. The highest BCUT2D eigenvalue weighted by Gasteiger charge is 2.21. The van der Waals surface area contributed by atoms with Gasteiger partial charge >= 0.3 is 0 Å². The molecule has 0 aliphatic rings. The molecular weight excluding hydrogens is 306 g/mol. The highest BCUT2D eigenvalue weighted by atomic mass is 16.5. The van der Waals surface area contributed by atoms with Crippen molar-refractivity contribution >= 4 is 16.9 Å². The van der Waals surface area contributed by atoms with Gasteiger partial charge in [-0.3, -0.25) is 4.79 Å². The van der Waals surface area contributed by atoms with E-state index in [1.54, 1.807) is 44.4 Å². The molecule has 0 fully saturated rings. The number of ether oxygens (including phenoxy) is 1. The van der Waals surface area contributed by atoms with Crippen LogP contribution in [0.2, 0.25) is 0 Å². The average molecular weight is 325 g/mol. The molecule has 3 rings (SSSR count). The quantitative estimate of drug-likeness (QED) is 0.755. The molecule has 0 spiro atoms. The molecule has 0 radical (unpaired) electrons. The number of fused-ring (bicyclic) bond motifs is 1. The number of para-hydroxylation sites is 1. The summed E-state index contributed by atoms with van der Waals surface area (Å²) in [5.41, 5.74) is 1.36. The number of furan rings is 1. The first-order valence-corrected chi connectivity index (χ1v) is 7.70. The van der Waals surface area contributed by atoms with Gasteiger partial charge in [-0.25, -0.2) is 0 Å². The van der Waals surface area contributed by atoms with E-state index >= 15 is 0 Å². The van der Waals surface area contributed by atoms with Gasteiger partial charge in [0.2, 0.25) is 0 Å². The Morgan fingerprint density at radius 3 is 2.54 bits per heavy atom. The van der Waals surface area contributed by atoms with Crippen molar-refractivity contribution in [2.75, 3.05) is 7.11 Å². The van der Waals surface area contributed by atoms with Crippen LogP contribution in [-0.2, 0) is 0 Å². The highest BCUT2D eigenvalue weighted by Crippen LogP contribution is 2.22. The zero-order valence-corrected chi connectivity index (χ0v) is 13.5. The van der Waals surface area contributed by atoms with E-state index in [1.165, 1.54) is 0 Å². The third kappa shape index (κ3) is 3.26. The third-order valence-electron chi connectivity index (χ3n) is 3.94. The van der Waals surface area contributed by atoms with Crippen molar-refractivity contribution in [3.63, 3.8) is 0 Å². The van der Waals surface area contributed by atoms with Crippen LogP contribution in [0.4, 0.5) is 0 Å². The van der Waals surface area contributed by atoms with Gasteiger partial charge in [0.1, 0.15) is 11.3 Å². The van der Waals surface area contributed by atoms with E-state index in [-0.39, 0.29) is 11.7 Å². The summed E-state index contributed by atoms with van der Waals surface area (Å²) in [6, 6.07) is 15.7. The zero-order chi connectivity index (χ0) is 17.1. The van der Waals surface area contributed by atoms with Gasteiger partial charge in [-0.2, -0.15) is 0 Å². The summed E-state index contributed by atoms with van der Waals surface area (Å²) in [7, 11) is 1.58. The van der Waals surface area contributed by atoms with Gasteiger partial charge in [0, 0.05) is 5.39 Å². The van der Waals surface area contributed by atoms with Crippen molar-refractivity contribution in [1.82, 2.24) is 5.32 Å². The van der Waals surface area contributed by atoms with Crippen LogP contribution < -0.4 is 10.1 Å². The van der Waals surface area contributed by atoms with Gasteiger partial charge in [-0.1, -0.05) is 30.3 Å². The molecule has 0 saturated heterocycles. The average Bonchev–Trinajstić information content (AvgIpc) is 3.05. The van der Waals surface area contributed by atoms with Crippen LogP contribution in [-0.4, -0.2) is 24.2 Å². The molecule has 1 aromatic heterocycles. The van der Waals surface area contributed by atoms with Crippen LogP contribution in [0.15, 0.2) is 59.0 Å². The Morgan fingerprint density at radius 1 is 1.17 bits per heavy atom. The summed E-state index contributed by atoms with van der Waals surface area (Å²) in [5, 5.41) is 14.0. The van der Waals surface area contributed by atoms with Crippen molar-refractivity contribution < 1.29 is 19.1 Å². The lowest BCUT2D eigenvalue weighted by atomic mass is 10.0. The summed E-state index contributed by atoms with van der Waals surface area (Å²) in [6.45, 7) is 1.75. The minimum atomic E-state index is -0.829. The van der Waals surface area contributed by atoms with Gasteiger partial charge in [0.15, 0.2) is 5.76 Å². The van der Waals surface area contributed by atoms with Crippen LogP contribution in [0.25, 0.3) is 11.0 Å². The minimum Gasteiger partial charge on any atom is -0.497 e. The first-order chi connectivity index (χ1) is 11.6. The van der Waals surface area contributed by atoms with E-state index in [2.05, 4.69) is 5.32 Å². The molecule has 5 heteroatoms. The summed E-state index contributed by atoms with van der Waals surface area (Å²) in [6.07, 6.45) is -0.829. The fourth-order valence-electron chi connectivity index (χ4n) is 2.54. The van der Waals surface area contributed by atoms with E-state index < -0.39 is 12.1 Å². The third-order valence-corrected chi connectivity index (χ3v) is 3.94. The van der Waals surface area contributed by atoms with E-state index in [1.807, 2.05) is 24.3 Å². The Morgan fingerprint density at radius 2 is 1.88 bits per heavy atom. The maximum absolute atomic E-state index is 12.3. The molecule has 24 heavy (non-hydrogen) atoms. The Kier molecular flexibility index (Phi) is 4.53. The summed E-state index contributed by atoms with van der Waals surface area (Å²) in [4.78, 5) is 12.3. The fraction of sp³-hybridized carbons (Fsp3) is 0.211. The van der Waals surface area contributed by atoms with Gasteiger partial charge in [0.05, 0.1) is 19.3 Å². The Hall–Kier alpha value is -2.79. The number of hydrogen-bond acceptors (Lipinski definition) is 4. The molecule has 0 aliphatic carbocycles. The van der Waals surface area contributed by atoms with Crippen molar-refractivity contribution in [3.8, 4) is 5.75 Å². The molecule has 1 amide bonds. The second kappa shape index (κ2) is 6.76. The Labute approximate surface area is 139 Å². The maximum atomic E-state index is 12.3. The van der Waals surface area contributed by atoms with Crippen LogP contribution in [0.3, 0.4) is 0 Å². The topological polar surface area (TPSA) is 71.7 Å². The number of hydrogen-bond donors (Lipinski definition) is 2. The number of nitrogens with one attached hydrogen (secondary N) is 1. The smallest absolute Gasteiger partial charge is 0.287 e. The molecule has 2 unspecified atom stereocenters. The van der Waals surface area contributed by atoms with Crippen LogP contribution >= 0.6 is 0 Å². The number of benzene rings is 2. The van der Waals surface area contributed by atoms with Crippen molar-refractivity contribution in [2.45, 2.75) is 19.1 Å². The van der Waals surface area contributed by atoms with Gasteiger partial charge in [-0.05, 0) is 36.8 Å². The molecule has 2 aromatic carbocycles. The Bertz CT molecular complexity index is 805. The number of carbonyl (C=O) groups is 1. The second-order valence-corrected chi connectivity index (χ2v) is 5.63. The maximum Gasteiger partial charge on any atom is 0.287 e. The predicted molar refractivity (Wildman–Crippen MR) is 91.1 cm³/mol. The lowest BCUT2D eigenvalue weighted by Gasteiger charge is -2.20. The minimum absolute atomic E-state index is 0.227. The zero-order valence-electron chi connectivity index (χ0n) is 13.5. The number of rotatable bonds is 5. The standard InChI is InChI=1S/C19H19NO4/c1-12(18(21)13-7-9-15(23-2)10-8-13)20-19(22)17-11-14-5-3-4-6-16(14)24-17/h3-12,18,21H,1-2H3,(H,20,22). The summed E-state index contributed by atoms with van der Waals surface area (Å²) >= 11 is 0. The van der Waals surface area contributed by atoms with Crippen LogP contribution in [0.5, 0.6) is 5.75 Å². The molecule has 124 valence electrons. The van der Waals surface area contributed by atoms with Crippen molar-refractivity contribution in [1.29, 1.82) is 0 Å². The number of amides is 1. The lowest BCUT2D eigenvalue weighted by molar-refractivity contribution is 0.0828. The molecule has 0 bridgehead atoms. The summed E-state index contributed by atoms with van der Waals surface area (Å²) < 4.78 is 10.6. The molecule has 3 aromatic rings. The lowest BCUT2D eigenvalue weighted by Crippen LogP contribution is -2.36. The SMILES string of the molecule is COc1ccc(C(O)C(C)NC(=O)c2cc3ccccc3o2)cc1. The molecular formula is C19H19NO4. The molecule has 5 nitrogen and oxygen atoms in total. The largest absolute Gasteiger partial charge is 0.497 e. The van der Waals surface area contributed by atoms with Gasteiger partial charge < -0.3 is 19.6 Å². The first-order valence-electron chi connectivity index (χ1n) is 7.70. The predicted octanol–water partition coefficient (Wildman–Crippen LogP) is 3.29. The van der Waals surface area contributed by atoms with Crippen molar-refractivity contribution in [3.05, 3.63) is 65.9 Å². The van der Waals surface area contributed by atoms with Gasteiger partial charge in [0.25, 0.3) is 5.91 Å². The highest BCUT2D eigenvalue weighted by molar-refractivity contribution is 5.96. The molecule has 1 heterocycles. The molecule has 2 N–H and O–H groups in total. The molecule has 0 aliphatic heterocycles. The molecule has 0 saturated carbocycles. The monoisotopic (exact) mass is 325 g/mol. The summed E-state index contributed by atoms with van der Waals surface area (Å²) in [5.74, 6) is 0.584. The second-order valence-electron chi connectivity index (χ2n) is 5.63. The molecule has 2 atom stereocenters. The van der Waals surface area contributed by atoms with E-state index in [9.17, 15) is 9.90 Å². The van der Waals surface area contributed by atoms with E-state index in [4.69, 9.17) is 9.15 Å². The number of methoxy groups -OCH3 is 1. The van der Waals surface area contributed by atoms with Crippen LogP contribution in [0.1, 0.15) is 29.1 Å².